The van der Waals surface area contributed by atoms with Crippen LogP contribution in [-0.4, -0.2) is 36.0 Å². The molecule has 0 aromatic carbocycles. The minimum absolute atomic E-state index is 0.238. The summed E-state index contributed by atoms with van der Waals surface area (Å²) in [5.41, 5.74) is -0.238. The van der Waals surface area contributed by atoms with E-state index in [-0.39, 0.29) is 5.41 Å². The number of likely N-dealkylation sites (tertiary alicyclic amines) is 1. The fourth-order valence-corrected chi connectivity index (χ4v) is 3.87. The largest absolute Gasteiger partial charge is 0.342 e. The number of hydrogen-bond donors (Lipinski definition) is 1. The standard InChI is InChI=1S/C18H34N2O/c1-5-14-7-6-8-16(13-14)19-15-9-11-20(12-10-15)17(21)18(2,3)4/h14-16,19H,5-13H2,1-4H3. The fourth-order valence-electron chi connectivity index (χ4n) is 3.87. The van der Waals surface area contributed by atoms with Gasteiger partial charge in [-0.3, -0.25) is 4.79 Å². The van der Waals surface area contributed by atoms with Gasteiger partial charge < -0.3 is 10.2 Å². The summed E-state index contributed by atoms with van der Waals surface area (Å²) in [5, 5.41) is 3.88. The van der Waals surface area contributed by atoms with Crippen LogP contribution in [0.5, 0.6) is 0 Å². The molecule has 1 heterocycles. The lowest BCUT2D eigenvalue weighted by molar-refractivity contribution is -0.140. The van der Waals surface area contributed by atoms with Gasteiger partial charge in [-0.15, -0.1) is 0 Å². The Labute approximate surface area is 130 Å². The second-order valence-electron chi connectivity index (χ2n) is 8.12. The molecule has 0 bridgehead atoms. The molecule has 1 N–H and O–H groups in total. The third kappa shape index (κ3) is 4.70. The molecule has 3 nitrogen and oxygen atoms in total. The van der Waals surface area contributed by atoms with Crippen LogP contribution in [0.25, 0.3) is 0 Å². The number of rotatable bonds is 3. The highest BCUT2D eigenvalue weighted by Crippen LogP contribution is 2.28. The SMILES string of the molecule is CCC1CCCC(NC2CCN(C(=O)C(C)(C)C)CC2)C1. The van der Waals surface area contributed by atoms with Crippen molar-refractivity contribution in [1.29, 1.82) is 0 Å². The minimum Gasteiger partial charge on any atom is -0.342 e. The molecule has 1 saturated heterocycles. The molecule has 1 saturated carbocycles. The van der Waals surface area contributed by atoms with E-state index in [1.54, 1.807) is 0 Å². The summed E-state index contributed by atoms with van der Waals surface area (Å²) in [4.78, 5) is 14.4. The summed E-state index contributed by atoms with van der Waals surface area (Å²) in [6.07, 6.45) is 9.08. The smallest absolute Gasteiger partial charge is 0.227 e. The van der Waals surface area contributed by atoms with Crippen molar-refractivity contribution in [2.75, 3.05) is 13.1 Å². The molecule has 2 unspecified atom stereocenters. The third-order valence-electron chi connectivity index (χ3n) is 5.26. The third-order valence-corrected chi connectivity index (χ3v) is 5.26. The molecule has 2 rings (SSSR count). The Morgan fingerprint density at radius 3 is 2.33 bits per heavy atom. The highest BCUT2D eigenvalue weighted by atomic mass is 16.2. The quantitative estimate of drug-likeness (QED) is 0.863. The van der Waals surface area contributed by atoms with E-state index in [2.05, 4.69) is 17.1 Å². The molecule has 1 aliphatic heterocycles. The number of amides is 1. The normalized spacial score (nSPS) is 28.7. The molecule has 2 fully saturated rings. The van der Waals surface area contributed by atoms with Crippen molar-refractivity contribution in [3.05, 3.63) is 0 Å². The topological polar surface area (TPSA) is 32.3 Å². The molecule has 3 heteroatoms. The van der Waals surface area contributed by atoms with Gasteiger partial charge in [0.25, 0.3) is 0 Å². The first kappa shape index (κ1) is 16.8. The van der Waals surface area contributed by atoms with E-state index >= 15 is 0 Å². The molecule has 21 heavy (non-hydrogen) atoms. The van der Waals surface area contributed by atoms with E-state index < -0.39 is 0 Å². The highest BCUT2D eigenvalue weighted by molar-refractivity contribution is 5.81. The van der Waals surface area contributed by atoms with Crippen molar-refractivity contribution < 1.29 is 4.79 Å². The minimum atomic E-state index is -0.238. The monoisotopic (exact) mass is 294 g/mol. The van der Waals surface area contributed by atoms with Gasteiger partial charge in [0, 0.05) is 30.6 Å². The molecule has 0 radical (unpaired) electrons. The predicted octanol–water partition coefficient (Wildman–Crippen LogP) is 3.58. The molecule has 0 aromatic heterocycles. The van der Waals surface area contributed by atoms with Gasteiger partial charge in [0.2, 0.25) is 5.91 Å². The van der Waals surface area contributed by atoms with Crippen LogP contribution in [0.3, 0.4) is 0 Å². The molecule has 122 valence electrons. The molecule has 2 aliphatic rings. The Morgan fingerprint density at radius 1 is 1.10 bits per heavy atom. The van der Waals surface area contributed by atoms with Crippen LogP contribution < -0.4 is 5.32 Å². The van der Waals surface area contributed by atoms with Crippen molar-refractivity contribution >= 4 is 5.91 Å². The lowest BCUT2D eigenvalue weighted by atomic mass is 9.83. The molecule has 1 aliphatic carbocycles. The number of piperidine rings is 1. The van der Waals surface area contributed by atoms with Crippen LogP contribution in [-0.2, 0) is 4.79 Å². The average Bonchev–Trinajstić information content (AvgIpc) is 2.46. The van der Waals surface area contributed by atoms with Crippen molar-refractivity contribution in [1.82, 2.24) is 10.2 Å². The summed E-state index contributed by atoms with van der Waals surface area (Å²) >= 11 is 0. The Hall–Kier alpha value is -0.570. The average molecular weight is 294 g/mol. The van der Waals surface area contributed by atoms with Gasteiger partial charge in [-0.1, -0.05) is 47.0 Å². The zero-order chi connectivity index (χ0) is 15.5. The second kappa shape index (κ2) is 7.13. The van der Waals surface area contributed by atoms with E-state index in [4.69, 9.17) is 0 Å². The predicted molar refractivity (Wildman–Crippen MR) is 88.2 cm³/mol. The van der Waals surface area contributed by atoms with Gasteiger partial charge in [0.05, 0.1) is 0 Å². The van der Waals surface area contributed by atoms with Gasteiger partial charge in [-0.05, 0) is 31.6 Å². The zero-order valence-corrected chi connectivity index (χ0v) is 14.5. The summed E-state index contributed by atoms with van der Waals surface area (Å²) < 4.78 is 0. The number of carbonyl (C=O) groups is 1. The summed E-state index contributed by atoms with van der Waals surface area (Å²) in [6, 6.07) is 1.34. The Balaban J connectivity index is 1.75. The summed E-state index contributed by atoms with van der Waals surface area (Å²) in [6.45, 7) is 10.2. The van der Waals surface area contributed by atoms with Crippen LogP contribution in [0.15, 0.2) is 0 Å². The molecule has 0 spiro atoms. The van der Waals surface area contributed by atoms with Gasteiger partial charge in [0.15, 0.2) is 0 Å². The first-order valence-electron chi connectivity index (χ1n) is 8.95. The summed E-state index contributed by atoms with van der Waals surface area (Å²) in [7, 11) is 0. The van der Waals surface area contributed by atoms with Gasteiger partial charge in [-0.25, -0.2) is 0 Å². The maximum Gasteiger partial charge on any atom is 0.227 e. The van der Waals surface area contributed by atoms with E-state index in [9.17, 15) is 4.79 Å². The van der Waals surface area contributed by atoms with E-state index in [1.165, 1.54) is 32.1 Å². The lowest BCUT2D eigenvalue weighted by Crippen LogP contribution is -2.50. The van der Waals surface area contributed by atoms with Crippen LogP contribution in [0, 0.1) is 11.3 Å². The Bertz CT molecular complexity index is 340. The number of carbonyl (C=O) groups excluding carboxylic acids is 1. The van der Waals surface area contributed by atoms with E-state index in [0.717, 1.165) is 37.9 Å². The van der Waals surface area contributed by atoms with Crippen LogP contribution >= 0.6 is 0 Å². The van der Waals surface area contributed by atoms with Gasteiger partial charge in [-0.2, -0.15) is 0 Å². The molecular formula is C18H34N2O. The van der Waals surface area contributed by atoms with Gasteiger partial charge >= 0.3 is 0 Å². The maximum absolute atomic E-state index is 12.3. The Kier molecular flexibility index (Phi) is 5.70. The maximum atomic E-state index is 12.3. The first-order chi connectivity index (χ1) is 9.90. The van der Waals surface area contributed by atoms with Crippen molar-refractivity contribution in [3.8, 4) is 0 Å². The van der Waals surface area contributed by atoms with Crippen LogP contribution in [0.2, 0.25) is 0 Å². The van der Waals surface area contributed by atoms with Crippen molar-refractivity contribution in [2.45, 2.75) is 84.7 Å². The Morgan fingerprint density at radius 2 is 1.76 bits per heavy atom. The lowest BCUT2D eigenvalue weighted by Gasteiger charge is -2.38. The molecule has 2 atom stereocenters. The first-order valence-corrected chi connectivity index (χ1v) is 8.95. The second-order valence-corrected chi connectivity index (χ2v) is 8.12. The van der Waals surface area contributed by atoms with Crippen LogP contribution in [0.1, 0.15) is 72.6 Å². The van der Waals surface area contributed by atoms with E-state index in [1.807, 2.05) is 20.8 Å². The van der Waals surface area contributed by atoms with E-state index in [0.29, 0.717) is 11.9 Å². The van der Waals surface area contributed by atoms with Gasteiger partial charge in [0.1, 0.15) is 0 Å². The van der Waals surface area contributed by atoms with Crippen LogP contribution in [0.4, 0.5) is 0 Å². The van der Waals surface area contributed by atoms with Crippen molar-refractivity contribution in [3.63, 3.8) is 0 Å². The molecule has 1 amide bonds. The fraction of sp³-hybridized carbons (Fsp3) is 0.944. The number of nitrogens with one attached hydrogen (secondary N) is 1. The zero-order valence-electron chi connectivity index (χ0n) is 14.5. The molecular weight excluding hydrogens is 260 g/mol. The summed E-state index contributed by atoms with van der Waals surface area (Å²) in [5.74, 6) is 1.24. The molecule has 0 aromatic rings. The highest BCUT2D eigenvalue weighted by Gasteiger charge is 2.31. The number of hydrogen-bond acceptors (Lipinski definition) is 2. The van der Waals surface area contributed by atoms with Crippen molar-refractivity contribution in [2.24, 2.45) is 11.3 Å². The number of nitrogens with zero attached hydrogens (tertiary/aromatic N) is 1.